The fraction of sp³-hybridized carbons (Fsp3) is 0.222. The van der Waals surface area contributed by atoms with Gasteiger partial charge in [-0.1, -0.05) is 168 Å². The zero-order valence-electron chi connectivity index (χ0n) is 24.9. The Labute approximate surface area is 285 Å². The third-order valence-electron chi connectivity index (χ3n) is 7.07. The highest BCUT2D eigenvalue weighted by Gasteiger charge is 2.50. The number of benzene rings is 4. The molecule has 1 fully saturated rings. The summed E-state index contributed by atoms with van der Waals surface area (Å²) in [5, 5.41) is -2.53. The molecule has 0 radical (unpaired) electrons. The summed E-state index contributed by atoms with van der Waals surface area (Å²) in [6.07, 6.45) is -1.53. The maximum atomic E-state index is 13.8. The van der Waals surface area contributed by atoms with Gasteiger partial charge in [0.15, 0.2) is 6.29 Å². The molecule has 0 saturated carbocycles. The summed E-state index contributed by atoms with van der Waals surface area (Å²) in [4.78, 5) is 54.2. The number of carbonyl (C=O) groups excluding carboxylic acids is 4. The molecule has 10 heteroatoms. The molecule has 4 aromatic carbocycles. The molecule has 0 aromatic heterocycles. The maximum absolute atomic E-state index is 13.8. The molecule has 4 aromatic rings. The highest BCUT2D eigenvalue weighted by Crippen LogP contribution is 2.45. The Kier molecular flexibility index (Phi) is 12.8. The minimum Gasteiger partial charge on any atom is -0.352 e. The van der Waals surface area contributed by atoms with Crippen LogP contribution in [0.1, 0.15) is 48.4 Å². The lowest BCUT2D eigenvalue weighted by molar-refractivity contribution is -0.177. The van der Waals surface area contributed by atoms with Gasteiger partial charge in [-0.2, -0.15) is 0 Å². The molecule has 0 aliphatic carbocycles. The topological polar surface area (TPSA) is 86.7 Å². The van der Waals surface area contributed by atoms with Crippen molar-refractivity contribution in [3.63, 3.8) is 0 Å². The van der Waals surface area contributed by atoms with E-state index in [2.05, 4.69) is 0 Å². The van der Waals surface area contributed by atoms with Crippen LogP contribution >= 0.6 is 47.0 Å². The molecule has 1 aliphatic heterocycles. The van der Waals surface area contributed by atoms with Crippen molar-refractivity contribution >= 4 is 67.5 Å². The fourth-order valence-electron chi connectivity index (χ4n) is 4.83. The van der Waals surface area contributed by atoms with Gasteiger partial charge in [-0.25, -0.2) is 0 Å². The average Bonchev–Trinajstić information content (AvgIpc) is 3.11. The second kappa shape index (κ2) is 17.2. The van der Waals surface area contributed by atoms with Crippen molar-refractivity contribution in [1.29, 1.82) is 0 Å². The van der Waals surface area contributed by atoms with Gasteiger partial charge >= 0.3 is 0 Å². The van der Waals surface area contributed by atoms with Crippen LogP contribution in [-0.4, -0.2) is 61.0 Å². The second-order valence-electron chi connectivity index (χ2n) is 10.2. The number of carbonyl (C=O) groups is 4. The molecular formula is C36H32O6S4. The van der Waals surface area contributed by atoms with Crippen molar-refractivity contribution in [2.24, 2.45) is 0 Å². The van der Waals surface area contributed by atoms with E-state index in [0.717, 1.165) is 47.0 Å². The monoisotopic (exact) mass is 688 g/mol. The first-order valence-corrected chi connectivity index (χ1v) is 18.3. The summed E-state index contributed by atoms with van der Waals surface area (Å²) in [6, 6.07) is 35.7. The Hall–Kier alpha value is -3.12. The van der Waals surface area contributed by atoms with Crippen LogP contribution in [0.4, 0.5) is 0 Å². The van der Waals surface area contributed by atoms with Crippen LogP contribution in [0.25, 0.3) is 0 Å². The maximum Gasteiger partial charge on any atom is 0.219 e. The van der Waals surface area contributed by atoms with Gasteiger partial charge < -0.3 is 9.47 Å². The van der Waals surface area contributed by atoms with E-state index in [1.165, 1.54) is 0 Å². The molecule has 0 spiro atoms. The summed E-state index contributed by atoms with van der Waals surface area (Å²) in [5.41, 5.74) is 2.08. The highest BCUT2D eigenvalue weighted by molar-refractivity contribution is 8.20. The van der Waals surface area contributed by atoms with Crippen molar-refractivity contribution in [2.45, 2.75) is 35.1 Å². The third-order valence-corrected chi connectivity index (χ3v) is 12.3. The van der Waals surface area contributed by atoms with Crippen LogP contribution < -0.4 is 0 Å². The number of rotatable bonds is 11. The van der Waals surface area contributed by atoms with Gasteiger partial charge in [-0.05, 0) is 6.92 Å². The predicted molar refractivity (Wildman–Crippen MR) is 190 cm³/mol. The van der Waals surface area contributed by atoms with E-state index < -0.39 is 28.1 Å². The molecule has 0 unspecified atom stereocenters. The Morgan fingerprint density at radius 2 is 0.913 bits per heavy atom. The van der Waals surface area contributed by atoms with Crippen LogP contribution in [0, 0.1) is 0 Å². The van der Waals surface area contributed by atoms with Crippen LogP contribution in [0.15, 0.2) is 121 Å². The Morgan fingerprint density at radius 3 is 1.33 bits per heavy atom. The van der Waals surface area contributed by atoms with E-state index in [1.54, 1.807) is 97.1 Å². The zero-order chi connectivity index (χ0) is 32.3. The second-order valence-corrected chi connectivity index (χ2v) is 14.6. The van der Waals surface area contributed by atoms with Crippen molar-refractivity contribution in [2.75, 3.05) is 12.4 Å². The molecule has 6 nitrogen and oxygen atoms in total. The summed E-state index contributed by atoms with van der Waals surface area (Å²) >= 11 is 4.33. The minimum absolute atomic E-state index is 0.129. The molecular weight excluding hydrogens is 657 g/mol. The SMILES string of the molecule is CCO[C@H]1O[C@H](CSC(=O)c2ccccc2)[C@@H](SC(=O)c2ccccc2)[C@H](SC(=O)c2ccccc2)[C@@H]1SC(=O)c1ccccc1. The predicted octanol–water partition coefficient (Wildman–Crippen LogP) is 8.15. The molecule has 1 aliphatic rings. The molecule has 0 N–H and O–H groups in total. The van der Waals surface area contributed by atoms with Crippen molar-refractivity contribution < 1.29 is 28.7 Å². The van der Waals surface area contributed by atoms with Crippen LogP contribution in [0.3, 0.4) is 0 Å². The van der Waals surface area contributed by atoms with E-state index in [-0.39, 0.29) is 26.2 Å². The van der Waals surface area contributed by atoms with Crippen LogP contribution in [0.2, 0.25) is 0 Å². The Bertz CT molecular complexity index is 1610. The van der Waals surface area contributed by atoms with E-state index in [1.807, 2.05) is 31.2 Å². The van der Waals surface area contributed by atoms with Gasteiger partial charge in [0, 0.05) is 39.9 Å². The van der Waals surface area contributed by atoms with Gasteiger partial charge in [0.1, 0.15) is 0 Å². The Balaban J connectivity index is 1.52. The fourth-order valence-corrected chi connectivity index (χ4v) is 9.92. The smallest absolute Gasteiger partial charge is 0.219 e. The standard InChI is InChI=1S/C36H32O6S4/c1-2-41-36-31(46-35(40)27-21-13-6-14-22-27)30(45-34(39)26-19-11-5-12-20-26)29(44-33(38)25-17-9-4-10-18-25)28(42-36)23-43-32(37)24-15-7-3-8-16-24/h3-22,28-31,36H,2,23H2,1H3/t28-,29-,30+,31+,36+/m1/s1. The van der Waals surface area contributed by atoms with Crippen molar-refractivity contribution in [1.82, 2.24) is 0 Å². The lowest BCUT2D eigenvalue weighted by Gasteiger charge is -2.45. The number of hydrogen-bond donors (Lipinski definition) is 0. The molecule has 0 bridgehead atoms. The van der Waals surface area contributed by atoms with Gasteiger partial charge in [0.2, 0.25) is 20.5 Å². The molecule has 5 atom stereocenters. The molecule has 46 heavy (non-hydrogen) atoms. The van der Waals surface area contributed by atoms with Gasteiger partial charge in [0.05, 0.1) is 16.6 Å². The summed E-state index contributed by atoms with van der Waals surface area (Å²) in [6.45, 7) is 2.14. The van der Waals surface area contributed by atoms with Gasteiger partial charge in [-0.15, -0.1) is 0 Å². The van der Waals surface area contributed by atoms with E-state index in [9.17, 15) is 19.2 Å². The summed E-state index contributed by atoms with van der Waals surface area (Å²) < 4.78 is 12.7. The first-order valence-electron chi connectivity index (χ1n) is 14.7. The summed E-state index contributed by atoms with van der Waals surface area (Å²) in [5.74, 6) is 0.220. The van der Waals surface area contributed by atoms with E-state index in [4.69, 9.17) is 9.47 Å². The van der Waals surface area contributed by atoms with E-state index >= 15 is 0 Å². The molecule has 236 valence electrons. The van der Waals surface area contributed by atoms with Crippen molar-refractivity contribution in [3.05, 3.63) is 144 Å². The lowest BCUT2D eigenvalue weighted by atomic mass is 10.1. The number of ether oxygens (including phenoxy) is 2. The van der Waals surface area contributed by atoms with Gasteiger partial charge in [0.25, 0.3) is 0 Å². The molecule has 5 rings (SSSR count). The first kappa shape index (κ1) is 34.2. The average molecular weight is 689 g/mol. The normalized spacial score (nSPS) is 20.9. The van der Waals surface area contributed by atoms with Crippen molar-refractivity contribution in [3.8, 4) is 0 Å². The first-order chi connectivity index (χ1) is 22.4. The van der Waals surface area contributed by atoms with Crippen LogP contribution in [0.5, 0.6) is 0 Å². The van der Waals surface area contributed by atoms with Gasteiger partial charge in [-0.3, -0.25) is 19.2 Å². The quantitative estimate of drug-likeness (QED) is 0.154. The third kappa shape index (κ3) is 9.02. The minimum atomic E-state index is -0.871. The molecule has 0 amide bonds. The highest BCUT2D eigenvalue weighted by atomic mass is 32.2. The lowest BCUT2D eigenvalue weighted by Crippen LogP contribution is -2.56. The van der Waals surface area contributed by atoms with Crippen LogP contribution in [-0.2, 0) is 9.47 Å². The zero-order valence-corrected chi connectivity index (χ0v) is 28.2. The molecule has 1 saturated heterocycles. The summed E-state index contributed by atoms with van der Waals surface area (Å²) in [7, 11) is 0. The Morgan fingerprint density at radius 1 is 0.543 bits per heavy atom. The largest absolute Gasteiger partial charge is 0.352 e. The molecule has 1 heterocycles. The van der Waals surface area contributed by atoms with E-state index in [0.29, 0.717) is 28.9 Å². The number of thioether (sulfide) groups is 4. The number of hydrogen-bond acceptors (Lipinski definition) is 10.